The van der Waals surface area contributed by atoms with Crippen molar-refractivity contribution in [1.82, 2.24) is 5.32 Å². The fourth-order valence-electron chi connectivity index (χ4n) is 1.60. The molecule has 1 rings (SSSR count). The normalized spacial score (nSPS) is 11.7. The van der Waals surface area contributed by atoms with Crippen LogP contribution >= 0.6 is 11.6 Å². The molecule has 0 bridgehead atoms. The average Bonchev–Trinajstić information content (AvgIpc) is 2.33. The van der Waals surface area contributed by atoms with Gasteiger partial charge in [0.2, 0.25) is 0 Å². The van der Waals surface area contributed by atoms with E-state index in [1.165, 1.54) is 0 Å². The summed E-state index contributed by atoms with van der Waals surface area (Å²) >= 11 is 6.11. The van der Waals surface area contributed by atoms with Gasteiger partial charge in [-0.3, -0.25) is 0 Å². The molecule has 0 aromatic heterocycles. The molecule has 0 saturated carbocycles. The van der Waals surface area contributed by atoms with Crippen LogP contribution in [0.15, 0.2) is 18.2 Å². The number of hydrogen-bond donors (Lipinski definition) is 1. The molecule has 108 valence electrons. The lowest BCUT2D eigenvalue weighted by molar-refractivity contribution is -0.132. The molecule has 0 amide bonds. The van der Waals surface area contributed by atoms with Crippen molar-refractivity contribution in [2.24, 2.45) is 0 Å². The van der Waals surface area contributed by atoms with Crippen molar-refractivity contribution in [1.29, 1.82) is 0 Å². The standard InChI is InChI=1S/C13H18ClF3N2/c1-3-18-9-10-4-5-11(8-12(10)14)19(2)7-6-13(15,16)17/h4-5,8,18H,3,6-7,9H2,1-2H3. The van der Waals surface area contributed by atoms with E-state index in [1.807, 2.05) is 13.0 Å². The smallest absolute Gasteiger partial charge is 0.374 e. The number of hydrogen-bond acceptors (Lipinski definition) is 2. The molecule has 2 nitrogen and oxygen atoms in total. The van der Waals surface area contributed by atoms with E-state index in [0.717, 1.165) is 12.1 Å². The summed E-state index contributed by atoms with van der Waals surface area (Å²) in [5, 5.41) is 3.72. The van der Waals surface area contributed by atoms with Crippen molar-refractivity contribution in [3.05, 3.63) is 28.8 Å². The Morgan fingerprint density at radius 3 is 2.53 bits per heavy atom. The Morgan fingerprint density at radius 2 is 2.00 bits per heavy atom. The molecule has 0 aliphatic carbocycles. The number of nitrogens with one attached hydrogen (secondary N) is 1. The predicted octanol–water partition coefficient (Wildman–Crippen LogP) is 3.84. The fraction of sp³-hybridized carbons (Fsp3) is 0.538. The van der Waals surface area contributed by atoms with Crippen LogP contribution in [0.4, 0.5) is 18.9 Å². The molecule has 0 atom stereocenters. The summed E-state index contributed by atoms with van der Waals surface area (Å²) in [6, 6.07) is 5.32. The van der Waals surface area contributed by atoms with E-state index in [9.17, 15) is 13.2 Å². The van der Waals surface area contributed by atoms with E-state index in [0.29, 0.717) is 17.3 Å². The minimum atomic E-state index is -4.14. The van der Waals surface area contributed by atoms with Crippen molar-refractivity contribution in [3.63, 3.8) is 0 Å². The first-order valence-corrected chi connectivity index (χ1v) is 6.48. The van der Waals surface area contributed by atoms with Crippen molar-refractivity contribution in [3.8, 4) is 0 Å². The quantitative estimate of drug-likeness (QED) is 0.857. The molecule has 6 heteroatoms. The third kappa shape index (κ3) is 5.70. The maximum Gasteiger partial charge on any atom is 0.390 e. The van der Waals surface area contributed by atoms with Crippen LogP contribution in [0.5, 0.6) is 0 Å². The van der Waals surface area contributed by atoms with Crippen LogP contribution in [0.2, 0.25) is 5.02 Å². The van der Waals surface area contributed by atoms with Gasteiger partial charge in [-0.15, -0.1) is 0 Å². The summed E-state index contributed by atoms with van der Waals surface area (Å²) in [7, 11) is 1.63. The second-order valence-corrected chi connectivity index (χ2v) is 4.75. The van der Waals surface area contributed by atoms with Crippen LogP contribution in [-0.2, 0) is 6.54 Å². The summed E-state index contributed by atoms with van der Waals surface area (Å²) in [5.41, 5.74) is 1.63. The van der Waals surface area contributed by atoms with Gasteiger partial charge >= 0.3 is 6.18 Å². The zero-order chi connectivity index (χ0) is 14.5. The van der Waals surface area contributed by atoms with E-state index in [2.05, 4.69) is 5.32 Å². The molecular weight excluding hydrogens is 277 g/mol. The highest BCUT2D eigenvalue weighted by molar-refractivity contribution is 6.31. The van der Waals surface area contributed by atoms with Crippen LogP contribution < -0.4 is 10.2 Å². The monoisotopic (exact) mass is 294 g/mol. The van der Waals surface area contributed by atoms with E-state index < -0.39 is 12.6 Å². The molecule has 0 aliphatic heterocycles. The number of benzene rings is 1. The van der Waals surface area contributed by atoms with Crippen LogP contribution in [0.25, 0.3) is 0 Å². The lowest BCUT2D eigenvalue weighted by Gasteiger charge is -2.21. The molecule has 0 spiro atoms. The molecule has 0 aliphatic rings. The van der Waals surface area contributed by atoms with E-state index in [1.54, 1.807) is 24.1 Å². The van der Waals surface area contributed by atoms with Crippen LogP contribution in [0, 0.1) is 0 Å². The van der Waals surface area contributed by atoms with E-state index >= 15 is 0 Å². The fourth-order valence-corrected chi connectivity index (χ4v) is 1.84. The van der Waals surface area contributed by atoms with Crippen molar-refractivity contribution in [2.75, 3.05) is 25.0 Å². The second-order valence-electron chi connectivity index (χ2n) is 4.34. The summed E-state index contributed by atoms with van der Waals surface area (Å²) in [5.74, 6) is 0. The largest absolute Gasteiger partial charge is 0.390 e. The van der Waals surface area contributed by atoms with E-state index in [-0.39, 0.29) is 6.54 Å². The van der Waals surface area contributed by atoms with E-state index in [4.69, 9.17) is 11.6 Å². The Morgan fingerprint density at radius 1 is 1.32 bits per heavy atom. The highest BCUT2D eigenvalue weighted by Gasteiger charge is 2.27. The van der Waals surface area contributed by atoms with Gasteiger partial charge in [0.1, 0.15) is 0 Å². The Labute approximate surface area is 116 Å². The number of nitrogens with zero attached hydrogens (tertiary/aromatic N) is 1. The van der Waals surface area contributed by atoms with Crippen LogP contribution in [0.3, 0.4) is 0 Å². The Bertz CT molecular complexity index is 407. The lowest BCUT2D eigenvalue weighted by Crippen LogP contribution is -2.24. The minimum absolute atomic E-state index is 0.0770. The first-order valence-electron chi connectivity index (χ1n) is 6.10. The zero-order valence-electron chi connectivity index (χ0n) is 11.0. The molecule has 0 radical (unpaired) electrons. The zero-order valence-corrected chi connectivity index (χ0v) is 11.8. The predicted molar refractivity (Wildman–Crippen MR) is 72.8 cm³/mol. The number of alkyl halides is 3. The molecule has 0 saturated heterocycles. The summed E-state index contributed by atoms with van der Waals surface area (Å²) < 4.78 is 36.5. The van der Waals surface area contributed by atoms with Gasteiger partial charge in [-0.05, 0) is 24.2 Å². The number of halogens is 4. The van der Waals surface area contributed by atoms with Gasteiger partial charge in [-0.25, -0.2) is 0 Å². The summed E-state index contributed by atoms with van der Waals surface area (Å²) in [4.78, 5) is 1.55. The van der Waals surface area contributed by atoms with Gasteiger partial charge in [0, 0.05) is 30.8 Å². The van der Waals surface area contributed by atoms with Crippen LogP contribution in [-0.4, -0.2) is 26.3 Å². The molecule has 1 aromatic rings. The van der Waals surface area contributed by atoms with Gasteiger partial charge in [0.15, 0.2) is 0 Å². The molecule has 0 unspecified atom stereocenters. The maximum absolute atomic E-state index is 12.2. The first-order chi connectivity index (χ1) is 8.83. The Hall–Kier alpha value is -0.940. The maximum atomic E-state index is 12.2. The molecule has 0 fully saturated rings. The molecule has 1 aromatic carbocycles. The van der Waals surface area contributed by atoms with Gasteiger partial charge in [0.25, 0.3) is 0 Å². The lowest BCUT2D eigenvalue weighted by atomic mass is 10.2. The first kappa shape index (κ1) is 16.1. The summed E-state index contributed by atoms with van der Waals surface area (Å²) in [6.45, 7) is 3.41. The van der Waals surface area contributed by atoms with Crippen molar-refractivity contribution in [2.45, 2.75) is 26.1 Å². The third-order valence-corrected chi connectivity index (χ3v) is 3.13. The summed E-state index contributed by atoms with van der Waals surface area (Å²) in [6.07, 6.45) is -4.97. The Balaban J connectivity index is 2.66. The number of anilines is 1. The van der Waals surface area contributed by atoms with Crippen molar-refractivity contribution >= 4 is 17.3 Å². The Kier molecular flexibility index (Phi) is 5.94. The van der Waals surface area contributed by atoms with Gasteiger partial charge < -0.3 is 10.2 Å². The molecule has 19 heavy (non-hydrogen) atoms. The third-order valence-electron chi connectivity index (χ3n) is 2.77. The van der Waals surface area contributed by atoms with Crippen molar-refractivity contribution < 1.29 is 13.2 Å². The molecule has 0 heterocycles. The highest BCUT2D eigenvalue weighted by Crippen LogP contribution is 2.25. The van der Waals surface area contributed by atoms with Gasteiger partial charge in [0.05, 0.1) is 6.42 Å². The molecule has 1 N–H and O–H groups in total. The van der Waals surface area contributed by atoms with Gasteiger partial charge in [-0.2, -0.15) is 13.2 Å². The SMILES string of the molecule is CCNCc1ccc(N(C)CCC(F)(F)F)cc1Cl. The molecular formula is C13H18ClF3N2. The van der Waals surface area contributed by atoms with Crippen LogP contribution in [0.1, 0.15) is 18.9 Å². The number of rotatable bonds is 6. The highest BCUT2D eigenvalue weighted by atomic mass is 35.5. The topological polar surface area (TPSA) is 15.3 Å². The minimum Gasteiger partial charge on any atom is -0.374 e. The second kappa shape index (κ2) is 7.01. The average molecular weight is 295 g/mol. The van der Waals surface area contributed by atoms with Gasteiger partial charge in [-0.1, -0.05) is 24.6 Å².